The number of ketones is 1. The average Bonchev–Trinajstić information content (AvgIpc) is 3.33. The lowest BCUT2D eigenvalue weighted by Gasteiger charge is -2.17. The van der Waals surface area contributed by atoms with Crippen LogP contribution in [-0.2, 0) is 0 Å². The zero-order chi connectivity index (χ0) is 20.3. The number of nitriles is 1. The molecule has 5 nitrogen and oxygen atoms in total. The maximum absolute atomic E-state index is 13.1. The molecule has 28 heavy (non-hydrogen) atoms. The van der Waals surface area contributed by atoms with Crippen molar-refractivity contribution in [3.8, 4) is 17.6 Å². The summed E-state index contributed by atoms with van der Waals surface area (Å²) in [5, 5.41) is 9.65. The van der Waals surface area contributed by atoms with Gasteiger partial charge in [-0.2, -0.15) is 5.26 Å². The number of carbonyl (C=O) groups excluding carboxylic acids is 1. The Balaban J connectivity index is 1.98. The van der Waals surface area contributed by atoms with Gasteiger partial charge in [-0.15, -0.1) is 0 Å². The highest BCUT2D eigenvalue weighted by molar-refractivity contribution is 6.15. The molecule has 0 saturated heterocycles. The smallest absolute Gasteiger partial charge is 0.205 e. The predicted octanol–water partition coefficient (Wildman–Crippen LogP) is 5.03. The quantitative estimate of drug-likeness (QED) is 0.402. The Morgan fingerprint density at radius 1 is 1.18 bits per heavy atom. The molecule has 1 aliphatic carbocycles. The molecule has 0 aliphatic heterocycles. The Morgan fingerprint density at radius 3 is 2.50 bits per heavy atom. The van der Waals surface area contributed by atoms with Crippen LogP contribution in [0.3, 0.4) is 0 Å². The number of hydrogen-bond donors (Lipinski definition) is 0. The van der Waals surface area contributed by atoms with Crippen LogP contribution in [0.5, 0.6) is 11.5 Å². The van der Waals surface area contributed by atoms with Gasteiger partial charge in [-0.05, 0) is 51.0 Å². The van der Waals surface area contributed by atoms with E-state index in [1.807, 2.05) is 19.9 Å². The monoisotopic (exact) mass is 378 g/mol. The molecule has 1 aliphatic rings. The Hall–Kier alpha value is -3.00. The van der Waals surface area contributed by atoms with Gasteiger partial charge in [0.2, 0.25) is 5.78 Å². The zero-order valence-electron chi connectivity index (χ0n) is 16.9. The Kier molecular flexibility index (Phi) is 5.89. The van der Waals surface area contributed by atoms with Crippen LogP contribution >= 0.6 is 0 Å². The summed E-state index contributed by atoms with van der Waals surface area (Å²) in [5.74, 6) is 0.952. The van der Waals surface area contributed by atoms with Crippen LogP contribution in [0.1, 0.15) is 59.0 Å². The van der Waals surface area contributed by atoms with Gasteiger partial charge in [0.05, 0.1) is 14.2 Å². The van der Waals surface area contributed by atoms with E-state index in [4.69, 9.17) is 9.47 Å². The first-order valence-electron chi connectivity index (χ1n) is 9.57. The van der Waals surface area contributed by atoms with Crippen LogP contribution in [0.25, 0.3) is 6.08 Å². The first-order chi connectivity index (χ1) is 13.5. The lowest BCUT2D eigenvalue weighted by Crippen LogP contribution is -2.10. The van der Waals surface area contributed by atoms with Crippen molar-refractivity contribution in [2.24, 2.45) is 0 Å². The molecule has 1 fully saturated rings. The molecule has 5 heteroatoms. The lowest BCUT2D eigenvalue weighted by atomic mass is 10.0. The highest BCUT2D eigenvalue weighted by Crippen LogP contribution is 2.34. The fourth-order valence-electron chi connectivity index (χ4n) is 4.12. The van der Waals surface area contributed by atoms with Crippen molar-refractivity contribution in [1.82, 2.24) is 4.57 Å². The molecule has 0 unspecified atom stereocenters. The number of rotatable bonds is 6. The van der Waals surface area contributed by atoms with E-state index in [1.165, 1.54) is 12.8 Å². The summed E-state index contributed by atoms with van der Waals surface area (Å²) in [4.78, 5) is 13.1. The van der Waals surface area contributed by atoms with Gasteiger partial charge in [-0.1, -0.05) is 12.8 Å². The zero-order valence-corrected chi connectivity index (χ0v) is 16.9. The van der Waals surface area contributed by atoms with Crippen LogP contribution in [0.4, 0.5) is 0 Å². The summed E-state index contributed by atoms with van der Waals surface area (Å²) in [6, 6.07) is 9.73. The van der Waals surface area contributed by atoms with Gasteiger partial charge >= 0.3 is 0 Å². The van der Waals surface area contributed by atoms with Crippen molar-refractivity contribution in [2.75, 3.05) is 14.2 Å². The number of ether oxygens (including phenoxy) is 2. The summed E-state index contributed by atoms with van der Waals surface area (Å²) in [5.41, 5.74) is 3.38. The van der Waals surface area contributed by atoms with Crippen molar-refractivity contribution in [1.29, 1.82) is 5.26 Å². The number of aromatic nitrogens is 1. The molecule has 0 radical (unpaired) electrons. The second-order valence-corrected chi connectivity index (χ2v) is 7.20. The van der Waals surface area contributed by atoms with Crippen molar-refractivity contribution < 1.29 is 14.3 Å². The number of allylic oxidation sites excluding steroid dienone is 1. The van der Waals surface area contributed by atoms with E-state index in [9.17, 15) is 10.1 Å². The van der Waals surface area contributed by atoms with Crippen molar-refractivity contribution in [3.05, 3.63) is 52.4 Å². The standard InChI is InChI=1S/C23H26N2O3/c1-15-11-21(16(2)25(15)19-7-5-6-8-19)23(26)18(14-24)12-17-9-10-20(27-3)13-22(17)28-4/h9-13,19H,5-8H2,1-4H3/b18-12+. The van der Waals surface area contributed by atoms with Gasteiger partial charge in [-0.3, -0.25) is 4.79 Å². The van der Waals surface area contributed by atoms with Crippen LogP contribution in [0.15, 0.2) is 29.8 Å². The maximum atomic E-state index is 13.1. The van der Waals surface area contributed by atoms with Crippen LogP contribution < -0.4 is 9.47 Å². The molecule has 1 aromatic carbocycles. The van der Waals surface area contributed by atoms with Crippen LogP contribution in [0, 0.1) is 25.2 Å². The molecular weight excluding hydrogens is 352 g/mol. The third-order valence-electron chi connectivity index (χ3n) is 5.52. The molecule has 1 saturated carbocycles. The van der Waals surface area contributed by atoms with E-state index in [0.717, 1.165) is 24.2 Å². The number of carbonyl (C=O) groups is 1. The molecule has 0 amide bonds. The van der Waals surface area contributed by atoms with Crippen LogP contribution in [-0.4, -0.2) is 24.6 Å². The van der Waals surface area contributed by atoms with Crippen molar-refractivity contribution >= 4 is 11.9 Å². The topological polar surface area (TPSA) is 64.2 Å². The summed E-state index contributed by atoms with van der Waals surface area (Å²) in [6.45, 7) is 4.01. The molecule has 146 valence electrons. The number of hydrogen-bond acceptors (Lipinski definition) is 4. The molecule has 2 aromatic rings. The van der Waals surface area contributed by atoms with Gasteiger partial charge in [0.15, 0.2) is 0 Å². The third kappa shape index (κ3) is 3.68. The Labute approximate surface area is 166 Å². The normalized spacial score (nSPS) is 14.8. The van der Waals surface area contributed by atoms with Gasteiger partial charge in [-0.25, -0.2) is 0 Å². The third-order valence-corrected chi connectivity index (χ3v) is 5.52. The lowest BCUT2D eigenvalue weighted by molar-refractivity contribution is 0.103. The fraction of sp³-hybridized carbons (Fsp3) is 0.391. The van der Waals surface area contributed by atoms with Crippen molar-refractivity contribution in [3.63, 3.8) is 0 Å². The number of methoxy groups -OCH3 is 2. The molecule has 1 heterocycles. The second-order valence-electron chi connectivity index (χ2n) is 7.20. The summed E-state index contributed by atoms with van der Waals surface area (Å²) in [7, 11) is 3.13. The van der Waals surface area contributed by atoms with Gasteiger partial charge < -0.3 is 14.0 Å². The first-order valence-corrected chi connectivity index (χ1v) is 9.57. The minimum Gasteiger partial charge on any atom is -0.497 e. The predicted molar refractivity (Wildman–Crippen MR) is 109 cm³/mol. The van der Waals surface area contributed by atoms with Gasteiger partial charge in [0, 0.05) is 34.6 Å². The van der Waals surface area contributed by atoms with Gasteiger partial charge in [0.1, 0.15) is 23.1 Å². The molecule has 3 rings (SSSR count). The molecule has 0 atom stereocenters. The highest BCUT2D eigenvalue weighted by Gasteiger charge is 2.25. The molecule has 0 spiro atoms. The fourth-order valence-corrected chi connectivity index (χ4v) is 4.12. The average molecular weight is 378 g/mol. The SMILES string of the molecule is COc1ccc(/C=C(\C#N)C(=O)c2cc(C)n(C3CCCC3)c2C)c(OC)c1. The summed E-state index contributed by atoms with van der Waals surface area (Å²) < 4.78 is 12.9. The van der Waals surface area contributed by atoms with Crippen molar-refractivity contribution in [2.45, 2.75) is 45.6 Å². The largest absolute Gasteiger partial charge is 0.497 e. The Bertz CT molecular complexity index is 957. The van der Waals surface area contributed by atoms with E-state index >= 15 is 0 Å². The maximum Gasteiger partial charge on any atom is 0.205 e. The number of Topliss-reactive ketones (excluding diaryl/α,β-unsaturated/α-hetero) is 1. The van der Waals surface area contributed by atoms with E-state index in [1.54, 1.807) is 38.5 Å². The van der Waals surface area contributed by atoms with E-state index < -0.39 is 0 Å². The van der Waals surface area contributed by atoms with Crippen LogP contribution in [0.2, 0.25) is 0 Å². The number of nitrogens with zero attached hydrogens (tertiary/aromatic N) is 2. The molecular formula is C23H26N2O3. The van der Waals surface area contributed by atoms with E-state index in [-0.39, 0.29) is 11.4 Å². The molecule has 1 aromatic heterocycles. The van der Waals surface area contributed by atoms with Gasteiger partial charge in [0.25, 0.3) is 0 Å². The summed E-state index contributed by atoms with van der Waals surface area (Å²) >= 11 is 0. The molecule has 0 bridgehead atoms. The molecule has 0 N–H and O–H groups in total. The highest BCUT2D eigenvalue weighted by atomic mass is 16.5. The Morgan fingerprint density at radius 2 is 1.89 bits per heavy atom. The number of aryl methyl sites for hydroxylation is 1. The van der Waals surface area contributed by atoms with E-state index in [2.05, 4.69) is 10.6 Å². The minimum atomic E-state index is -0.252. The first kappa shape index (κ1) is 19.8. The second kappa shape index (κ2) is 8.35. The van der Waals surface area contributed by atoms with E-state index in [0.29, 0.717) is 28.7 Å². The number of benzene rings is 1. The minimum absolute atomic E-state index is 0.0927. The summed E-state index contributed by atoms with van der Waals surface area (Å²) in [6.07, 6.45) is 6.33.